The van der Waals surface area contributed by atoms with E-state index in [0.717, 1.165) is 16.8 Å². The SMILES string of the molecule is COc1ncccc1C(=O)NCc1ccnc(-c2ccsc2)c1. The molecule has 3 aromatic rings. The molecule has 0 unspecified atom stereocenters. The Labute approximate surface area is 138 Å². The Hall–Kier alpha value is -2.73. The van der Waals surface area contributed by atoms with Crippen LogP contribution < -0.4 is 10.1 Å². The smallest absolute Gasteiger partial charge is 0.257 e. The predicted octanol–water partition coefficient (Wildman–Crippen LogP) is 3.14. The first-order valence-electron chi connectivity index (χ1n) is 7.02. The highest BCUT2D eigenvalue weighted by Crippen LogP contribution is 2.20. The average Bonchev–Trinajstić information content (AvgIpc) is 3.14. The molecule has 3 heterocycles. The first-order chi connectivity index (χ1) is 11.3. The van der Waals surface area contributed by atoms with Crippen molar-refractivity contribution in [1.29, 1.82) is 0 Å². The molecule has 0 saturated heterocycles. The highest BCUT2D eigenvalue weighted by Gasteiger charge is 2.12. The molecule has 5 nitrogen and oxygen atoms in total. The van der Waals surface area contributed by atoms with Crippen LogP contribution in [0.25, 0.3) is 11.3 Å². The van der Waals surface area contributed by atoms with Gasteiger partial charge in [-0.3, -0.25) is 9.78 Å². The van der Waals surface area contributed by atoms with E-state index in [1.807, 2.05) is 29.0 Å². The molecule has 3 aromatic heterocycles. The Bertz CT molecular complexity index is 803. The minimum atomic E-state index is -0.219. The molecule has 0 bridgehead atoms. The number of amides is 1. The number of aromatic nitrogens is 2. The maximum absolute atomic E-state index is 12.3. The summed E-state index contributed by atoms with van der Waals surface area (Å²) in [5.74, 6) is 0.0996. The minimum Gasteiger partial charge on any atom is -0.480 e. The number of carbonyl (C=O) groups is 1. The highest BCUT2D eigenvalue weighted by molar-refractivity contribution is 7.08. The highest BCUT2D eigenvalue weighted by atomic mass is 32.1. The molecular formula is C17H15N3O2S. The van der Waals surface area contributed by atoms with Gasteiger partial charge in [0, 0.05) is 29.9 Å². The van der Waals surface area contributed by atoms with Gasteiger partial charge in [-0.05, 0) is 41.3 Å². The molecule has 1 N–H and O–H groups in total. The van der Waals surface area contributed by atoms with E-state index in [1.54, 1.807) is 35.9 Å². The van der Waals surface area contributed by atoms with Gasteiger partial charge in [-0.15, -0.1) is 0 Å². The normalized spacial score (nSPS) is 10.3. The molecule has 0 aromatic carbocycles. The van der Waals surface area contributed by atoms with Crippen LogP contribution in [0.2, 0.25) is 0 Å². The third kappa shape index (κ3) is 3.54. The van der Waals surface area contributed by atoms with Gasteiger partial charge in [0.2, 0.25) is 5.88 Å². The van der Waals surface area contributed by atoms with Crippen molar-refractivity contribution in [2.24, 2.45) is 0 Å². The molecule has 0 radical (unpaired) electrons. The van der Waals surface area contributed by atoms with Gasteiger partial charge in [0.15, 0.2) is 0 Å². The van der Waals surface area contributed by atoms with Crippen molar-refractivity contribution in [2.45, 2.75) is 6.54 Å². The standard InChI is InChI=1S/C17H15N3O2S/c1-22-17-14(3-2-6-19-17)16(21)20-10-12-4-7-18-15(9-12)13-5-8-23-11-13/h2-9,11H,10H2,1H3,(H,20,21). The monoisotopic (exact) mass is 325 g/mol. The number of methoxy groups -OCH3 is 1. The topological polar surface area (TPSA) is 64.1 Å². The summed E-state index contributed by atoms with van der Waals surface area (Å²) in [7, 11) is 1.50. The third-order valence-electron chi connectivity index (χ3n) is 3.30. The van der Waals surface area contributed by atoms with Crippen LogP contribution in [0, 0.1) is 0 Å². The molecule has 0 fully saturated rings. The van der Waals surface area contributed by atoms with Crippen LogP contribution in [0.4, 0.5) is 0 Å². The average molecular weight is 325 g/mol. The van der Waals surface area contributed by atoms with Crippen molar-refractivity contribution in [2.75, 3.05) is 7.11 Å². The van der Waals surface area contributed by atoms with Gasteiger partial charge in [-0.2, -0.15) is 11.3 Å². The molecule has 1 amide bonds. The van der Waals surface area contributed by atoms with E-state index in [4.69, 9.17) is 4.74 Å². The van der Waals surface area contributed by atoms with Crippen LogP contribution in [0.15, 0.2) is 53.5 Å². The summed E-state index contributed by atoms with van der Waals surface area (Å²) in [5.41, 5.74) is 3.38. The van der Waals surface area contributed by atoms with Crippen LogP contribution in [0.1, 0.15) is 15.9 Å². The summed E-state index contributed by atoms with van der Waals surface area (Å²) in [6.45, 7) is 0.413. The maximum atomic E-state index is 12.3. The lowest BCUT2D eigenvalue weighted by Gasteiger charge is -2.08. The van der Waals surface area contributed by atoms with E-state index >= 15 is 0 Å². The van der Waals surface area contributed by atoms with Crippen molar-refractivity contribution in [3.63, 3.8) is 0 Å². The van der Waals surface area contributed by atoms with Crippen LogP contribution >= 0.6 is 11.3 Å². The lowest BCUT2D eigenvalue weighted by atomic mass is 10.1. The van der Waals surface area contributed by atoms with Gasteiger partial charge < -0.3 is 10.1 Å². The fourth-order valence-corrected chi connectivity index (χ4v) is 2.81. The number of nitrogens with zero attached hydrogens (tertiary/aromatic N) is 2. The number of carbonyl (C=O) groups excluding carboxylic acids is 1. The zero-order chi connectivity index (χ0) is 16.1. The summed E-state index contributed by atoms with van der Waals surface area (Å²) in [6, 6.07) is 9.28. The molecule has 0 spiro atoms. The minimum absolute atomic E-state index is 0.219. The molecule has 23 heavy (non-hydrogen) atoms. The number of hydrogen-bond donors (Lipinski definition) is 1. The number of nitrogens with one attached hydrogen (secondary N) is 1. The Morgan fingerprint density at radius 3 is 2.96 bits per heavy atom. The van der Waals surface area contributed by atoms with Crippen LogP contribution in [-0.4, -0.2) is 23.0 Å². The molecule has 6 heteroatoms. The molecule has 0 aliphatic heterocycles. The summed E-state index contributed by atoms with van der Waals surface area (Å²) in [6.07, 6.45) is 3.34. The summed E-state index contributed by atoms with van der Waals surface area (Å²) < 4.78 is 5.11. The predicted molar refractivity (Wildman–Crippen MR) is 89.5 cm³/mol. The third-order valence-corrected chi connectivity index (χ3v) is 3.99. The van der Waals surface area contributed by atoms with Gasteiger partial charge in [-0.25, -0.2) is 4.98 Å². The van der Waals surface area contributed by atoms with Gasteiger partial charge >= 0.3 is 0 Å². The maximum Gasteiger partial charge on any atom is 0.257 e. The molecule has 116 valence electrons. The van der Waals surface area contributed by atoms with Gasteiger partial charge in [-0.1, -0.05) is 0 Å². The van der Waals surface area contributed by atoms with Crippen LogP contribution in [-0.2, 0) is 6.54 Å². The summed E-state index contributed by atoms with van der Waals surface area (Å²) >= 11 is 1.63. The first kappa shape index (κ1) is 15.2. The van der Waals surface area contributed by atoms with Gasteiger partial charge in [0.25, 0.3) is 5.91 Å². The first-order valence-corrected chi connectivity index (χ1v) is 7.97. The molecule has 0 atom stereocenters. The van der Waals surface area contributed by atoms with Crippen molar-refractivity contribution in [1.82, 2.24) is 15.3 Å². The number of thiophene rings is 1. The second-order valence-corrected chi connectivity index (χ2v) is 5.58. The van der Waals surface area contributed by atoms with Gasteiger partial charge in [0.1, 0.15) is 5.56 Å². The fourth-order valence-electron chi connectivity index (χ4n) is 2.16. The molecule has 0 saturated carbocycles. The van der Waals surface area contributed by atoms with E-state index in [2.05, 4.69) is 15.3 Å². The second-order valence-electron chi connectivity index (χ2n) is 4.80. The lowest BCUT2D eigenvalue weighted by Crippen LogP contribution is -2.23. The van der Waals surface area contributed by atoms with E-state index in [1.165, 1.54) is 7.11 Å². The Morgan fingerprint density at radius 1 is 1.26 bits per heavy atom. The van der Waals surface area contributed by atoms with Crippen LogP contribution in [0.3, 0.4) is 0 Å². The van der Waals surface area contributed by atoms with Crippen LogP contribution in [0.5, 0.6) is 5.88 Å². The largest absolute Gasteiger partial charge is 0.480 e. The fraction of sp³-hybridized carbons (Fsp3) is 0.118. The molecular weight excluding hydrogens is 310 g/mol. The molecule has 3 rings (SSSR count). The lowest BCUT2D eigenvalue weighted by molar-refractivity contribution is 0.0947. The zero-order valence-corrected chi connectivity index (χ0v) is 13.3. The van der Waals surface area contributed by atoms with Crippen molar-refractivity contribution in [3.8, 4) is 17.1 Å². The van der Waals surface area contributed by atoms with Crippen molar-refractivity contribution in [3.05, 3.63) is 64.6 Å². The molecule has 0 aliphatic rings. The number of hydrogen-bond acceptors (Lipinski definition) is 5. The Balaban J connectivity index is 1.71. The zero-order valence-electron chi connectivity index (χ0n) is 12.5. The van der Waals surface area contributed by atoms with Crippen molar-refractivity contribution < 1.29 is 9.53 Å². The summed E-state index contributed by atoms with van der Waals surface area (Å²) in [4.78, 5) is 20.7. The Kier molecular flexibility index (Phi) is 4.63. The Morgan fingerprint density at radius 2 is 2.17 bits per heavy atom. The quantitative estimate of drug-likeness (QED) is 0.783. The number of rotatable bonds is 5. The summed E-state index contributed by atoms with van der Waals surface area (Å²) in [5, 5.41) is 6.94. The van der Waals surface area contributed by atoms with Crippen molar-refractivity contribution >= 4 is 17.2 Å². The van der Waals surface area contributed by atoms with E-state index in [-0.39, 0.29) is 5.91 Å². The molecule has 0 aliphatic carbocycles. The van der Waals surface area contributed by atoms with E-state index in [0.29, 0.717) is 18.0 Å². The number of pyridine rings is 2. The van der Waals surface area contributed by atoms with Gasteiger partial charge in [0.05, 0.1) is 12.8 Å². The van der Waals surface area contributed by atoms with E-state index < -0.39 is 0 Å². The van der Waals surface area contributed by atoms with E-state index in [9.17, 15) is 4.79 Å². The number of ether oxygens (including phenoxy) is 1. The second kappa shape index (κ2) is 7.02.